The summed E-state index contributed by atoms with van der Waals surface area (Å²) in [4.78, 5) is 28.1. The Labute approximate surface area is 406 Å². The third-order valence-corrected chi connectivity index (χ3v) is 14.1. The van der Waals surface area contributed by atoms with Gasteiger partial charge >= 0.3 is 24.2 Å². The Morgan fingerprint density at radius 3 is 1.47 bits per heavy atom. The lowest BCUT2D eigenvalue weighted by atomic mass is 9.85. The van der Waals surface area contributed by atoms with E-state index in [9.17, 15) is 35.9 Å². The summed E-state index contributed by atoms with van der Waals surface area (Å²) in [5, 5.41) is 4.55. The molecule has 12 nitrogen and oxygen atoms in total. The van der Waals surface area contributed by atoms with Crippen LogP contribution in [0.4, 0.5) is 37.7 Å². The van der Waals surface area contributed by atoms with Gasteiger partial charge in [0.05, 0.1) is 70.2 Å². The molecule has 0 saturated carbocycles. The zero-order valence-corrected chi connectivity index (χ0v) is 41.5. The molecule has 0 spiro atoms. The molecule has 0 aromatic heterocycles. The smallest absolute Gasteiger partial charge is 0.471 e. The lowest BCUT2D eigenvalue weighted by molar-refractivity contribution is -0.189. The van der Waals surface area contributed by atoms with Crippen LogP contribution in [0, 0.1) is 14.3 Å². The first-order valence-corrected chi connectivity index (χ1v) is 22.5. The highest BCUT2D eigenvalue weighted by molar-refractivity contribution is 14.1. The first kappa shape index (κ1) is 48.1. The lowest BCUT2D eigenvalue weighted by Gasteiger charge is -2.42. The minimum atomic E-state index is -5.30. The zero-order chi connectivity index (χ0) is 45.6. The summed E-state index contributed by atoms with van der Waals surface area (Å²) in [7, 11) is 5.45. The first-order valence-electron chi connectivity index (χ1n) is 18.2. The number of halogens is 10. The van der Waals surface area contributed by atoms with Gasteiger partial charge in [0.25, 0.3) is 0 Å². The van der Waals surface area contributed by atoms with Gasteiger partial charge in [-0.05, 0) is 180 Å². The number of benzene rings is 4. The Morgan fingerprint density at radius 1 is 0.645 bits per heavy atom. The maximum Gasteiger partial charge on any atom is 0.471 e. The molecular formula is C40H36F6I4N6O6. The fourth-order valence-corrected chi connectivity index (χ4v) is 11.4. The summed E-state index contributed by atoms with van der Waals surface area (Å²) in [6.45, 7) is -1.28. The maximum absolute atomic E-state index is 14.5. The molecule has 2 heterocycles. The molecule has 4 aromatic rings. The molecule has 2 aliphatic rings. The van der Waals surface area contributed by atoms with E-state index in [-0.39, 0.29) is 58.2 Å². The van der Waals surface area contributed by atoms with E-state index in [0.717, 1.165) is 0 Å². The molecule has 62 heavy (non-hydrogen) atoms. The van der Waals surface area contributed by atoms with Gasteiger partial charge in [0.2, 0.25) is 0 Å². The molecule has 0 radical (unpaired) electrons. The second-order valence-corrected chi connectivity index (χ2v) is 18.8. The van der Waals surface area contributed by atoms with E-state index in [1.807, 2.05) is 90.4 Å². The highest BCUT2D eigenvalue weighted by Gasteiger charge is 2.50. The third kappa shape index (κ3) is 9.80. The quantitative estimate of drug-likeness (QED) is 0.0613. The van der Waals surface area contributed by atoms with Crippen LogP contribution in [0.15, 0.2) is 53.6 Å². The van der Waals surface area contributed by atoms with Crippen LogP contribution in [0.2, 0.25) is 0 Å². The van der Waals surface area contributed by atoms with Gasteiger partial charge in [-0.15, -0.1) is 0 Å². The minimum absolute atomic E-state index is 0.0607. The molecule has 0 aliphatic carbocycles. The standard InChI is InChI=1S/C40H36F6I4N6O6/c1-59-31-11-19-21(13-33(31)61-3)29(9-17-5-23(47)35(51)24(48)6-17)55(37(57)39(41,42)43)15-27(19)53-54-28-16-56(38(58)40(44,45)46)30(10-18-7-25(49)36(52)26(50)8-18)22-14-34(62-4)32(60-2)12-20(22)28/h5-8,11-14,27,29-30,53H,9-10,15-16,51-52H2,1-4H3. The van der Waals surface area contributed by atoms with Gasteiger partial charge < -0.3 is 45.6 Å². The number of hydrazone groups is 1. The molecule has 0 fully saturated rings. The molecule has 0 saturated heterocycles. The van der Waals surface area contributed by atoms with Crippen LogP contribution >= 0.6 is 90.4 Å². The predicted octanol–water partition coefficient (Wildman–Crippen LogP) is 8.72. The Kier molecular flexibility index (Phi) is 14.7. The number of carbonyl (C=O) groups is 2. The number of ether oxygens (including phenoxy) is 4. The van der Waals surface area contributed by atoms with E-state index in [1.165, 1.54) is 46.6 Å². The van der Waals surface area contributed by atoms with Crippen LogP contribution < -0.4 is 35.8 Å². The zero-order valence-electron chi connectivity index (χ0n) is 32.9. The van der Waals surface area contributed by atoms with Crippen molar-refractivity contribution in [2.75, 3.05) is 53.0 Å². The number of fused-ring (bicyclic) bond motifs is 2. The van der Waals surface area contributed by atoms with Crippen molar-refractivity contribution in [1.82, 2.24) is 15.2 Å². The molecule has 4 aromatic carbocycles. The first-order chi connectivity index (χ1) is 29.1. The van der Waals surface area contributed by atoms with E-state index in [4.69, 9.17) is 30.4 Å². The molecule has 332 valence electrons. The van der Waals surface area contributed by atoms with Gasteiger partial charge in [-0.2, -0.15) is 31.4 Å². The van der Waals surface area contributed by atoms with Crippen LogP contribution in [0.5, 0.6) is 23.0 Å². The molecule has 0 bridgehead atoms. The van der Waals surface area contributed by atoms with Gasteiger partial charge in [-0.1, -0.05) is 0 Å². The lowest BCUT2D eigenvalue weighted by Crippen LogP contribution is -2.51. The van der Waals surface area contributed by atoms with Crippen molar-refractivity contribution in [3.8, 4) is 23.0 Å². The van der Waals surface area contributed by atoms with Crippen molar-refractivity contribution in [2.24, 2.45) is 5.10 Å². The molecule has 3 unspecified atom stereocenters. The average Bonchev–Trinajstić information content (AvgIpc) is 3.22. The van der Waals surface area contributed by atoms with Crippen LogP contribution in [-0.2, 0) is 22.4 Å². The number of hydrogen-bond donors (Lipinski definition) is 3. The largest absolute Gasteiger partial charge is 0.493 e. The second-order valence-electron chi connectivity index (χ2n) is 14.1. The van der Waals surface area contributed by atoms with Gasteiger partial charge in [0, 0.05) is 26.4 Å². The van der Waals surface area contributed by atoms with Crippen molar-refractivity contribution in [3.63, 3.8) is 0 Å². The topological polar surface area (TPSA) is 154 Å². The van der Waals surface area contributed by atoms with Crippen LogP contribution in [0.25, 0.3) is 0 Å². The summed E-state index contributed by atoms with van der Waals surface area (Å²) < 4.78 is 112. The summed E-state index contributed by atoms with van der Waals surface area (Å²) in [5.41, 5.74) is 18.4. The Balaban J connectivity index is 1.53. The number of nitrogens with zero attached hydrogens (tertiary/aromatic N) is 3. The maximum atomic E-state index is 14.5. The van der Waals surface area contributed by atoms with Crippen molar-refractivity contribution < 1.29 is 54.9 Å². The Bertz CT molecular complexity index is 2410. The average molecular weight is 1320 g/mol. The Morgan fingerprint density at radius 2 is 1.03 bits per heavy atom. The molecular weight excluding hydrogens is 1280 g/mol. The highest BCUT2D eigenvalue weighted by Crippen LogP contribution is 2.46. The van der Waals surface area contributed by atoms with E-state index in [2.05, 4.69) is 10.5 Å². The second kappa shape index (κ2) is 19.0. The molecule has 5 N–H and O–H groups in total. The predicted molar refractivity (Wildman–Crippen MR) is 253 cm³/mol. The summed E-state index contributed by atoms with van der Waals surface area (Å²) in [6.07, 6.45) is -10.7. The summed E-state index contributed by atoms with van der Waals surface area (Å²) in [6, 6.07) is 9.34. The van der Waals surface area contributed by atoms with Gasteiger partial charge in [-0.3, -0.25) is 9.59 Å². The fraction of sp³-hybridized carbons (Fsp3) is 0.325. The minimum Gasteiger partial charge on any atom is -0.493 e. The SMILES string of the molecule is COc1cc2c(cc1OC)C(Cc1cc(I)c(N)c(I)c1)N(C(=O)C(F)(F)F)CC2=NNC1CN(C(=O)C(F)(F)F)C(Cc2cc(I)c(N)c(I)c2)c2cc(OC)c(OC)cc21. The molecule has 2 aliphatic heterocycles. The third-order valence-electron chi connectivity index (χ3n) is 10.5. The Hall–Kier alpha value is -3.41. The molecule has 3 atom stereocenters. The number of amides is 2. The van der Waals surface area contributed by atoms with E-state index in [1.54, 1.807) is 30.3 Å². The van der Waals surface area contributed by atoms with Crippen molar-refractivity contribution in [1.29, 1.82) is 0 Å². The number of nitrogen functional groups attached to an aromatic ring is 2. The monoisotopic (exact) mass is 1320 g/mol. The molecule has 2 amide bonds. The molecule has 6 rings (SSSR count). The number of carbonyl (C=O) groups excluding carboxylic acids is 2. The number of nitrogens with two attached hydrogens (primary N) is 2. The van der Waals surface area contributed by atoms with E-state index < -0.39 is 55.4 Å². The summed E-state index contributed by atoms with van der Waals surface area (Å²) in [5.74, 6) is -3.53. The number of rotatable bonds is 10. The number of hydrogen-bond acceptors (Lipinski definition) is 10. The van der Waals surface area contributed by atoms with Gasteiger partial charge in [-0.25, -0.2) is 0 Å². The van der Waals surface area contributed by atoms with E-state index >= 15 is 0 Å². The number of alkyl halides is 6. The van der Waals surface area contributed by atoms with E-state index in [0.29, 0.717) is 52.1 Å². The van der Waals surface area contributed by atoms with Crippen molar-refractivity contribution >= 4 is 119 Å². The summed E-state index contributed by atoms with van der Waals surface area (Å²) >= 11 is 8.10. The number of anilines is 2. The van der Waals surface area contributed by atoms with Crippen LogP contribution in [0.3, 0.4) is 0 Å². The van der Waals surface area contributed by atoms with Crippen LogP contribution in [0.1, 0.15) is 51.5 Å². The molecule has 22 heteroatoms. The normalized spacial score (nSPS) is 18.2. The number of methoxy groups -OCH3 is 4. The van der Waals surface area contributed by atoms with Gasteiger partial charge in [0.15, 0.2) is 23.0 Å². The number of nitrogens with one attached hydrogen (secondary N) is 1. The van der Waals surface area contributed by atoms with Crippen molar-refractivity contribution in [3.05, 3.63) is 96.2 Å². The van der Waals surface area contributed by atoms with Crippen LogP contribution in [-0.4, -0.2) is 81.2 Å². The van der Waals surface area contributed by atoms with Gasteiger partial charge in [0.1, 0.15) is 0 Å². The highest BCUT2D eigenvalue weighted by atomic mass is 127. The van der Waals surface area contributed by atoms with Crippen molar-refractivity contribution in [2.45, 2.75) is 43.3 Å². The fourth-order valence-electron chi connectivity index (χ4n) is 7.56.